The maximum atomic E-state index is 4.34. The van der Waals surface area contributed by atoms with E-state index in [0.29, 0.717) is 0 Å². The van der Waals surface area contributed by atoms with E-state index >= 15 is 0 Å². The summed E-state index contributed by atoms with van der Waals surface area (Å²) in [5.74, 6) is 0. The highest BCUT2D eigenvalue weighted by molar-refractivity contribution is 5.14. The predicted molar refractivity (Wildman–Crippen MR) is 54.4 cm³/mol. The third-order valence-electron chi connectivity index (χ3n) is 1.86. The van der Waals surface area contributed by atoms with E-state index in [1.807, 2.05) is 31.0 Å². The number of hydrogen-bond donors (Lipinski definition) is 1. The highest BCUT2D eigenvalue weighted by Crippen LogP contribution is 2.12. The lowest BCUT2D eigenvalue weighted by molar-refractivity contribution is 0.654. The molecule has 0 aromatic carbocycles. The highest BCUT2D eigenvalue weighted by atomic mass is 15.3. The summed E-state index contributed by atoms with van der Waals surface area (Å²) in [6.45, 7) is 4.18. The summed E-state index contributed by atoms with van der Waals surface area (Å²) >= 11 is 0. The molecule has 72 valence electrons. The van der Waals surface area contributed by atoms with Crippen LogP contribution in [0, 0.1) is 0 Å². The van der Waals surface area contributed by atoms with E-state index in [0.717, 1.165) is 5.69 Å². The van der Waals surface area contributed by atoms with E-state index in [4.69, 9.17) is 0 Å². The molecular formula is C10H17N3. The zero-order chi connectivity index (χ0) is 9.84. The van der Waals surface area contributed by atoms with Crippen LogP contribution in [0.2, 0.25) is 0 Å². The van der Waals surface area contributed by atoms with Gasteiger partial charge in [-0.3, -0.25) is 4.68 Å². The van der Waals surface area contributed by atoms with E-state index in [2.05, 4.69) is 30.3 Å². The molecule has 3 nitrogen and oxygen atoms in total. The van der Waals surface area contributed by atoms with Crippen LogP contribution in [-0.4, -0.2) is 16.8 Å². The van der Waals surface area contributed by atoms with Gasteiger partial charge < -0.3 is 5.32 Å². The maximum Gasteiger partial charge on any atom is 0.0833 e. The smallest absolute Gasteiger partial charge is 0.0833 e. The fourth-order valence-electron chi connectivity index (χ4n) is 1.25. The minimum Gasteiger partial charge on any atom is -0.308 e. The molecule has 0 aliphatic heterocycles. The van der Waals surface area contributed by atoms with Crippen molar-refractivity contribution in [3.05, 3.63) is 29.6 Å². The van der Waals surface area contributed by atoms with Crippen molar-refractivity contribution in [2.24, 2.45) is 7.05 Å². The lowest BCUT2D eigenvalue weighted by Gasteiger charge is -2.08. The number of nitrogens with zero attached hydrogens (tertiary/aromatic N) is 2. The first kappa shape index (κ1) is 9.99. The van der Waals surface area contributed by atoms with Crippen LogP contribution >= 0.6 is 0 Å². The van der Waals surface area contributed by atoms with Gasteiger partial charge in [-0.1, -0.05) is 11.6 Å². The second kappa shape index (κ2) is 4.23. The standard InChI is InChI=1S/C10H17N3/c1-8(2)7-10(11-3)9-5-6-13(4)12-9/h5-7,10-11H,1-4H3. The first-order chi connectivity index (χ1) is 6.13. The monoisotopic (exact) mass is 179 g/mol. The lowest BCUT2D eigenvalue weighted by Crippen LogP contribution is -2.15. The van der Waals surface area contributed by atoms with Gasteiger partial charge in [0.15, 0.2) is 0 Å². The van der Waals surface area contributed by atoms with Gasteiger partial charge in [-0.15, -0.1) is 0 Å². The van der Waals surface area contributed by atoms with Crippen molar-refractivity contribution in [2.75, 3.05) is 7.05 Å². The fourth-order valence-corrected chi connectivity index (χ4v) is 1.25. The van der Waals surface area contributed by atoms with Crippen molar-refractivity contribution >= 4 is 0 Å². The van der Waals surface area contributed by atoms with Gasteiger partial charge in [0, 0.05) is 13.2 Å². The SMILES string of the molecule is CNC(C=C(C)C)c1ccn(C)n1. The number of hydrogen-bond acceptors (Lipinski definition) is 2. The molecule has 1 aromatic rings. The van der Waals surface area contributed by atoms with Gasteiger partial charge in [0.1, 0.15) is 0 Å². The van der Waals surface area contributed by atoms with Gasteiger partial charge in [0.25, 0.3) is 0 Å². The predicted octanol–water partition coefficient (Wildman–Crippen LogP) is 1.65. The van der Waals surface area contributed by atoms with Crippen LogP contribution in [0.3, 0.4) is 0 Å². The Morgan fingerprint density at radius 3 is 2.69 bits per heavy atom. The molecule has 1 atom stereocenters. The summed E-state index contributed by atoms with van der Waals surface area (Å²) in [6.07, 6.45) is 4.13. The van der Waals surface area contributed by atoms with Crippen LogP contribution in [0.5, 0.6) is 0 Å². The molecule has 0 aliphatic carbocycles. The second-order valence-electron chi connectivity index (χ2n) is 3.42. The maximum absolute atomic E-state index is 4.34. The Hall–Kier alpha value is -1.09. The number of aryl methyl sites for hydroxylation is 1. The molecule has 0 radical (unpaired) electrons. The zero-order valence-electron chi connectivity index (χ0n) is 8.70. The zero-order valence-corrected chi connectivity index (χ0v) is 8.70. The Labute approximate surface area is 79.5 Å². The summed E-state index contributed by atoms with van der Waals surface area (Å²) in [7, 11) is 3.87. The molecule has 0 saturated heterocycles. The van der Waals surface area contributed by atoms with Gasteiger partial charge in [0.2, 0.25) is 0 Å². The summed E-state index contributed by atoms with van der Waals surface area (Å²) in [5.41, 5.74) is 2.36. The highest BCUT2D eigenvalue weighted by Gasteiger charge is 2.07. The molecule has 0 spiro atoms. The van der Waals surface area contributed by atoms with Crippen molar-refractivity contribution in [1.82, 2.24) is 15.1 Å². The minimum absolute atomic E-state index is 0.228. The quantitative estimate of drug-likeness (QED) is 0.715. The largest absolute Gasteiger partial charge is 0.308 e. The number of likely N-dealkylation sites (N-methyl/N-ethyl adjacent to an activating group) is 1. The first-order valence-corrected chi connectivity index (χ1v) is 4.45. The van der Waals surface area contributed by atoms with Gasteiger partial charge in [-0.2, -0.15) is 5.10 Å². The van der Waals surface area contributed by atoms with Crippen molar-refractivity contribution < 1.29 is 0 Å². The van der Waals surface area contributed by atoms with Crippen LogP contribution < -0.4 is 5.32 Å². The topological polar surface area (TPSA) is 29.9 Å². The van der Waals surface area contributed by atoms with E-state index < -0.39 is 0 Å². The Morgan fingerprint density at radius 2 is 2.31 bits per heavy atom. The summed E-state index contributed by atoms with van der Waals surface area (Å²) < 4.78 is 1.82. The molecule has 1 heterocycles. The molecule has 1 N–H and O–H groups in total. The second-order valence-corrected chi connectivity index (χ2v) is 3.42. The minimum atomic E-state index is 0.228. The number of aromatic nitrogens is 2. The number of allylic oxidation sites excluding steroid dienone is 1. The molecule has 0 saturated carbocycles. The average Bonchev–Trinajstić information content (AvgIpc) is 2.47. The van der Waals surface area contributed by atoms with E-state index in [-0.39, 0.29) is 6.04 Å². The van der Waals surface area contributed by atoms with E-state index in [1.165, 1.54) is 5.57 Å². The van der Waals surface area contributed by atoms with Crippen LogP contribution in [0.25, 0.3) is 0 Å². The molecule has 1 aromatic heterocycles. The molecule has 0 amide bonds. The molecule has 0 bridgehead atoms. The van der Waals surface area contributed by atoms with E-state index in [1.54, 1.807) is 0 Å². The Kier molecular flexibility index (Phi) is 3.25. The first-order valence-electron chi connectivity index (χ1n) is 4.45. The van der Waals surface area contributed by atoms with Gasteiger partial charge >= 0.3 is 0 Å². The average molecular weight is 179 g/mol. The Balaban J connectivity index is 2.84. The van der Waals surface area contributed by atoms with Gasteiger partial charge in [-0.05, 0) is 27.0 Å². The molecule has 3 heteroatoms. The van der Waals surface area contributed by atoms with Gasteiger partial charge in [-0.25, -0.2) is 0 Å². The summed E-state index contributed by atoms with van der Waals surface area (Å²) in [4.78, 5) is 0. The van der Waals surface area contributed by atoms with Crippen LogP contribution in [-0.2, 0) is 7.05 Å². The third-order valence-corrected chi connectivity index (χ3v) is 1.86. The Morgan fingerprint density at radius 1 is 1.62 bits per heavy atom. The van der Waals surface area contributed by atoms with Crippen molar-refractivity contribution in [2.45, 2.75) is 19.9 Å². The van der Waals surface area contributed by atoms with Crippen molar-refractivity contribution in [3.8, 4) is 0 Å². The molecule has 0 fully saturated rings. The summed E-state index contributed by atoms with van der Waals surface area (Å²) in [5, 5.41) is 7.56. The number of nitrogens with one attached hydrogen (secondary N) is 1. The normalized spacial score (nSPS) is 12.6. The van der Waals surface area contributed by atoms with Crippen LogP contribution in [0.15, 0.2) is 23.9 Å². The fraction of sp³-hybridized carbons (Fsp3) is 0.500. The van der Waals surface area contributed by atoms with Gasteiger partial charge in [0.05, 0.1) is 11.7 Å². The van der Waals surface area contributed by atoms with E-state index in [9.17, 15) is 0 Å². The molecule has 13 heavy (non-hydrogen) atoms. The molecule has 1 rings (SSSR count). The lowest BCUT2D eigenvalue weighted by atomic mass is 10.1. The number of rotatable bonds is 3. The van der Waals surface area contributed by atoms with Crippen LogP contribution in [0.1, 0.15) is 25.6 Å². The van der Waals surface area contributed by atoms with Crippen molar-refractivity contribution in [1.29, 1.82) is 0 Å². The molecule has 1 unspecified atom stereocenters. The third kappa shape index (κ3) is 2.70. The molecule has 0 aliphatic rings. The Bertz CT molecular complexity index is 295. The van der Waals surface area contributed by atoms with Crippen molar-refractivity contribution in [3.63, 3.8) is 0 Å². The van der Waals surface area contributed by atoms with Crippen LogP contribution in [0.4, 0.5) is 0 Å². The molecular weight excluding hydrogens is 162 g/mol. The summed E-state index contributed by atoms with van der Waals surface area (Å²) in [6, 6.07) is 2.26.